The SMILES string of the molecule is C[C@@H]1OCC2(CCN(c3ncc(Sc4ccnc5c4OCC4CC(OCC6CC6)CN54)nc3CO)CC2)[C@@H]1N. The molecular formula is C28H38N6O4S. The van der Waals surface area contributed by atoms with Crippen molar-refractivity contribution in [3.05, 3.63) is 24.2 Å². The summed E-state index contributed by atoms with van der Waals surface area (Å²) in [7, 11) is 0. The number of fused-ring (bicyclic) bond motifs is 3. The molecule has 0 radical (unpaired) electrons. The highest BCUT2D eigenvalue weighted by Gasteiger charge is 2.48. The number of hydrogen-bond donors (Lipinski definition) is 2. The predicted octanol–water partition coefficient (Wildman–Crippen LogP) is 2.61. The lowest BCUT2D eigenvalue weighted by Crippen LogP contribution is -2.51. The number of aliphatic hydroxyl groups excluding tert-OH is 1. The maximum atomic E-state index is 10.2. The smallest absolute Gasteiger partial charge is 0.175 e. The molecule has 2 unspecified atom stereocenters. The molecule has 4 fully saturated rings. The van der Waals surface area contributed by atoms with Gasteiger partial charge in [0, 0.05) is 43.9 Å². The van der Waals surface area contributed by atoms with Crippen LogP contribution in [-0.2, 0) is 16.1 Å². The van der Waals surface area contributed by atoms with Gasteiger partial charge < -0.3 is 34.9 Å². The van der Waals surface area contributed by atoms with Crippen LogP contribution in [-0.4, -0.2) is 83.8 Å². The molecule has 0 bridgehead atoms. The molecule has 2 aromatic heterocycles. The summed E-state index contributed by atoms with van der Waals surface area (Å²) >= 11 is 1.50. The largest absolute Gasteiger partial charge is 0.486 e. The fraction of sp³-hybridized carbons (Fsp3) is 0.679. The Balaban J connectivity index is 1.05. The fourth-order valence-corrected chi connectivity index (χ4v) is 7.42. The predicted molar refractivity (Wildman–Crippen MR) is 147 cm³/mol. The summed E-state index contributed by atoms with van der Waals surface area (Å²) in [5.41, 5.74) is 7.12. The molecule has 7 rings (SSSR count). The topological polar surface area (TPSA) is 119 Å². The third-order valence-electron chi connectivity index (χ3n) is 9.25. The number of pyridine rings is 1. The maximum absolute atomic E-state index is 10.2. The maximum Gasteiger partial charge on any atom is 0.175 e. The summed E-state index contributed by atoms with van der Waals surface area (Å²) in [6.45, 7) is 6.63. The Morgan fingerprint density at radius 1 is 1.23 bits per heavy atom. The normalized spacial score (nSPS) is 29.4. The van der Waals surface area contributed by atoms with Crippen molar-refractivity contribution in [2.45, 2.75) is 79.8 Å². The van der Waals surface area contributed by atoms with Gasteiger partial charge in [-0.3, -0.25) is 0 Å². The van der Waals surface area contributed by atoms with Gasteiger partial charge in [-0.15, -0.1) is 0 Å². The van der Waals surface area contributed by atoms with Gasteiger partial charge in [0.05, 0.1) is 42.6 Å². The molecule has 11 heteroatoms. The van der Waals surface area contributed by atoms with Crippen molar-refractivity contribution in [3.63, 3.8) is 0 Å². The highest BCUT2D eigenvalue weighted by Crippen LogP contribution is 2.45. The second kappa shape index (κ2) is 10.3. The number of rotatable bonds is 7. The Bertz CT molecular complexity index is 1210. The molecule has 210 valence electrons. The first-order valence-corrected chi connectivity index (χ1v) is 15.1. The summed E-state index contributed by atoms with van der Waals surface area (Å²) in [5, 5.41) is 10.9. The number of aromatic nitrogens is 3. The summed E-state index contributed by atoms with van der Waals surface area (Å²) in [6, 6.07) is 2.33. The van der Waals surface area contributed by atoms with Crippen molar-refractivity contribution in [1.82, 2.24) is 15.0 Å². The Morgan fingerprint density at radius 2 is 2.08 bits per heavy atom. The van der Waals surface area contributed by atoms with Crippen molar-refractivity contribution >= 4 is 23.4 Å². The third kappa shape index (κ3) is 4.86. The molecule has 3 N–H and O–H groups in total. The van der Waals surface area contributed by atoms with Gasteiger partial charge in [0.1, 0.15) is 17.3 Å². The Kier molecular flexibility index (Phi) is 6.83. The van der Waals surface area contributed by atoms with Crippen LogP contribution in [0.4, 0.5) is 11.6 Å². The van der Waals surface area contributed by atoms with E-state index in [9.17, 15) is 5.11 Å². The zero-order valence-electron chi connectivity index (χ0n) is 22.5. The lowest BCUT2D eigenvalue weighted by atomic mass is 9.73. The van der Waals surface area contributed by atoms with E-state index < -0.39 is 0 Å². The van der Waals surface area contributed by atoms with Crippen LogP contribution in [0.1, 0.15) is 44.7 Å². The fourth-order valence-electron chi connectivity index (χ4n) is 6.56. The van der Waals surface area contributed by atoms with Crippen molar-refractivity contribution in [2.75, 3.05) is 49.3 Å². The number of nitrogens with zero attached hydrogens (tertiary/aromatic N) is 5. The van der Waals surface area contributed by atoms with Crippen molar-refractivity contribution in [3.8, 4) is 5.75 Å². The molecular weight excluding hydrogens is 516 g/mol. The van der Waals surface area contributed by atoms with Crippen molar-refractivity contribution in [2.24, 2.45) is 17.1 Å². The van der Waals surface area contributed by atoms with E-state index in [-0.39, 0.29) is 30.3 Å². The van der Waals surface area contributed by atoms with Crippen LogP contribution in [0.2, 0.25) is 0 Å². The molecule has 3 saturated heterocycles. The van der Waals surface area contributed by atoms with E-state index in [0.717, 1.165) is 85.3 Å². The van der Waals surface area contributed by atoms with Gasteiger partial charge in [0.15, 0.2) is 17.4 Å². The second-order valence-electron chi connectivity index (χ2n) is 11.8. The van der Waals surface area contributed by atoms with E-state index in [0.29, 0.717) is 18.3 Å². The lowest BCUT2D eigenvalue weighted by molar-refractivity contribution is 0.0575. The van der Waals surface area contributed by atoms with E-state index >= 15 is 0 Å². The van der Waals surface area contributed by atoms with Crippen LogP contribution in [0.5, 0.6) is 5.75 Å². The Hall–Kier alpha value is -2.18. The minimum atomic E-state index is -0.166. The number of piperidine rings is 1. The summed E-state index contributed by atoms with van der Waals surface area (Å²) in [5.74, 6) is 3.19. The monoisotopic (exact) mass is 554 g/mol. The summed E-state index contributed by atoms with van der Waals surface area (Å²) in [4.78, 5) is 19.8. The standard InChI is InChI=1S/C28H38N6O4S/c1-17-25(29)28(16-38-17)5-8-33(9-6-28)26-21(13-35)32-23(11-31-26)39-22-4-7-30-27-24(22)37-15-19-10-20(12-34(19)27)36-14-18-2-3-18/h4,7,11,17-20,25,35H,2-3,5-6,8-10,12-16,29H2,1H3/t17-,19?,20?,25+/m0/s1. The first-order chi connectivity index (χ1) is 19.0. The van der Waals surface area contributed by atoms with E-state index in [1.807, 2.05) is 12.3 Å². The number of nitrogens with two attached hydrogens (primary N) is 1. The van der Waals surface area contributed by atoms with Crippen LogP contribution in [0.3, 0.4) is 0 Å². The first kappa shape index (κ1) is 25.8. The minimum Gasteiger partial charge on any atom is -0.486 e. The average Bonchev–Trinajstić information content (AvgIpc) is 3.64. The van der Waals surface area contributed by atoms with Gasteiger partial charge in [-0.1, -0.05) is 11.8 Å². The first-order valence-electron chi connectivity index (χ1n) is 14.3. The molecule has 10 nitrogen and oxygen atoms in total. The number of anilines is 2. The van der Waals surface area contributed by atoms with Gasteiger partial charge >= 0.3 is 0 Å². The van der Waals surface area contributed by atoms with E-state index in [4.69, 9.17) is 29.9 Å². The Labute approximate surface area is 233 Å². The second-order valence-corrected chi connectivity index (χ2v) is 12.9. The molecule has 1 saturated carbocycles. The number of hydrogen-bond acceptors (Lipinski definition) is 11. The van der Waals surface area contributed by atoms with Gasteiger partial charge in [0.25, 0.3) is 0 Å². The number of aliphatic hydroxyl groups is 1. The molecule has 4 aliphatic heterocycles. The van der Waals surface area contributed by atoms with Gasteiger partial charge in [-0.2, -0.15) is 0 Å². The highest BCUT2D eigenvalue weighted by molar-refractivity contribution is 7.99. The molecule has 39 heavy (non-hydrogen) atoms. The summed E-state index contributed by atoms with van der Waals surface area (Å²) in [6.07, 6.45) is 9.45. The molecule has 0 amide bonds. The average molecular weight is 555 g/mol. The molecule has 4 atom stereocenters. The summed E-state index contributed by atoms with van der Waals surface area (Å²) < 4.78 is 18.3. The van der Waals surface area contributed by atoms with Crippen LogP contribution in [0.15, 0.2) is 28.4 Å². The van der Waals surface area contributed by atoms with E-state index in [1.54, 1.807) is 6.20 Å². The van der Waals surface area contributed by atoms with Crippen LogP contribution in [0, 0.1) is 11.3 Å². The molecule has 0 aromatic carbocycles. The van der Waals surface area contributed by atoms with Crippen LogP contribution < -0.4 is 20.3 Å². The van der Waals surface area contributed by atoms with Crippen LogP contribution >= 0.6 is 11.8 Å². The van der Waals surface area contributed by atoms with Gasteiger partial charge in [-0.05, 0) is 51.0 Å². The quantitative estimate of drug-likeness (QED) is 0.526. The minimum absolute atomic E-state index is 0.0384. The Morgan fingerprint density at radius 3 is 2.82 bits per heavy atom. The molecule has 1 spiro atoms. The highest BCUT2D eigenvalue weighted by atomic mass is 32.2. The van der Waals surface area contributed by atoms with Gasteiger partial charge in [0.2, 0.25) is 0 Å². The van der Waals surface area contributed by atoms with E-state index in [1.165, 1.54) is 24.6 Å². The molecule has 5 aliphatic rings. The molecule has 1 aliphatic carbocycles. The third-order valence-corrected chi connectivity index (χ3v) is 10.2. The van der Waals surface area contributed by atoms with Crippen molar-refractivity contribution < 1.29 is 19.3 Å². The van der Waals surface area contributed by atoms with Crippen LogP contribution in [0.25, 0.3) is 0 Å². The van der Waals surface area contributed by atoms with Gasteiger partial charge in [-0.25, -0.2) is 15.0 Å². The lowest BCUT2D eigenvalue weighted by Gasteiger charge is -2.41. The molecule has 6 heterocycles. The number of ether oxygens (including phenoxy) is 3. The zero-order chi connectivity index (χ0) is 26.6. The zero-order valence-corrected chi connectivity index (χ0v) is 23.3. The van der Waals surface area contributed by atoms with Crippen molar-refractivity contribution in [1.29, 1.82) is 0 Å². The molecule has 2 aromatic rings. The van der Waals surface area contributed by atoms with E-state index in [2.05, 4.69) is 21.7 Å².